The van der Waals surface area contributed by atoms with E-state index in [9.17, 15) is 5.11 Å². The lowest BCUT2D eigenvalue weighted by Crippen LogP contribution is -2.40. The van der Waals surface area contributed by atoms with E-state index in [1.54, 1.807) is 12.3 Å². The number of hydrogen-bond donors (Lipinski definition) is 2. The Bertz CT molecular complexity index is 603. The maximum absolute atomic E-state index is 10.3. The Balaban J connectivity index is 1.68. The fourth-order valence-electron chi connectivity index (χ4n) is 2.22. The molecule has 0 fully saturated rings. The van der Waals surface area contributed by atoms with Gasteiger partial charge in [-0.1, -0.05) is 12.1 Å². The molecule has 0 bridgehead atoms. The van der Waals surface area contributed by atoms with Crippen LogP contribution in [0.25, 0.3) is 0 Å². The Morgan fingerprint density at radius 3 is 2.90 bits per heavy atom. The Morgan fingerprint density at radius 1 is 1.30 bits per heavy atom. The van der Waals surface area contributed by atoms with Crippen LogP contribution in [-0.4, -0.2) is 28.9 Å². The summed E-state index contributed by atoms with van der Waals surface area (Å²) in [5, 5.41) is 10.3. The normalized spacial score (nSPS) is 18.6. The van der Waals surface area contributed by atoms with Crippen molar-refractivity contribution in [2.24, 2.45) is 0 Å². The molecule has 0 saturated heterocycles. The number of aromatic nitrogens is 1. The molecule has 2 aromatic rings. The topological polar surface area (TPSA) is 77.6 Å². The second-order valence-electron chi connectivity index (χ2n) is 4.77. The standard InChI is InChI=1S/C15H16N2O3/c16-15-8-10(5-6-17-15)7-11(18)14-9-19-12-3-1-2-4-13(12)20-14/h1-6,8,11,14,18H,7,9H2,(H2,16,17). The second-order valence-corrected chi connectivity index (χ2v) is 4.77. The van der Waals surface area contributed by atoms with Gasteiger partial charge in [0.1, 0.15) is 12.4 Å². The van der Waals surface area contributed by atoms with Gasteiger partial charge in [0, 0.05) is 12.6 Å². The van der Waals surface area contributed by atoms with Gasteiger partial charge in [0.15, 0.2) is 17.6 Å². The Labute approximate surface area is 117 Å². The van der Waals surface area contributed by atoms with Crippen molar-refractivity contribution in [3.8, 4) is 11.5 Å². The average Bonchev–Trinajstić information content (AvgIpc) is 2.47. The monoisotopic (exact) mass is 272 g/mol. The second kappa shape index (κ2) is 5.38. The Kier molecular flexibility index (Phi) is 3.43. The highest BCUT2D eigenvalue weighted by atomic mass is 16.6. The summed E-state index contributed by atoms with van der Waals surface area (Å²) in [4.78, 5) is 3.93. The molecule has 2 unspecified atom stereocenters. The Hall–Kier alpha value is -2.27. The predicted molar refractivity (Wildman–Crippen MR) is 74.7 cm³/mol. The quantitative estimate of drug-likeness (QED) is 0.883. The zero-order chi connectivity index (χ0) is 13.9. The van der Waals surface area contributed by atoms with Crippen molar-refractivity contribution in [1.82, 2.24) is 4.98 Å². The maximum atomic E-state index is 10.3. The van der Waals surface area contributed by atoms with E-state index >= 15 is 0 Å². The van der Waals surface area contributed by atoms with Gasteiger partial charge in [-0.3, -0.25) is 0 Å². The molecule has 1 aromatic heterocycles. The highest BCUT2D eigenvalue weighted by Gasteiger charge is 2.27. The number of fused-ring (bicyclic) bond motifs is 1. The van der Waals surface area contributed by atoms with Gasteiger partial charge in [-0.2, -0.15) is 0 Å². The van der Waals surface area contributed by atoms with Crippen LogP contribution >= 0.6 is 0 Å². The number of aliphatic hydroxyl groups excluding tert-OH is 1. The van der Waals surface area contributed by atoms with Crippen LogP contribution in [0.2, 0.25) is 0 Å². The molecule has 2 atom stereocenters. The van der Waals surface area contributed by atoms with Gasteiger partial charge >= 0.3 is 0 Å². The summed E-state index contributed by atoms with van der Waals surface area (Å²) < 4.78 is 11.4. The number of nitrogen functional groups attached to an aromatic ring is 1. The van der Waals surface area contributed by atoms with Crippen molar-refractivity contribution in [1.29, 1.82) is 0 Å². The highest BCUT2D eigenvalue weighted by Crippen LogP contribution is 2.31. The molecule has 5 nitrogen and oxygen atoms in total. The number of aliphatic hydroxyl groups is 1. The first-order chi connectivity index (χ1) is 9.72. The fraction of sp³-hybridized carbons (Fsp3) is 0.267. The molecule has 20 heavy (non-hydrogen) atoms. The summed E-state index contributed by atoms with van der Waals surface area (Å²) >= 11 is 0. The number of benzene rings is 1. The van der Waals surface area contributed by atoms with Gasteiger partial charge in [0.2, 0.25) is 0 Å². The van der Waals surface area contributed by atoms with E-state index in [2.05, 4.69) is 4.98 Å². The fourth-order valence-corrected chi connectivity index (χ4v) is 2.22. The van der Waals surface area contributed by atoms with Crippen LogP contribution in [0.3, 0.4) is 0 Å². The molecule has 3 N–H and O–H groups in total. The van der Waals surface area contributed by atoms with E-state index in [4.69, 9.17) is 15.2 Å². The van der Waals surface area contributed by atoms with E-state index in [1.165, 1.54) is 0 Å². The average molecular weight is 272 g/mol. The first-order valence-corrected chi connectivity index (χ1v) is 6.49. The summed E-state index contributed by atoms with van der Waals surface area (Å²) in [6.45, 7) is 0.332. The van der Waals surface area contributed by atoms with Crippen molar-refractivity contribution in [3.63, 3.8) is 0 Å². The van der Waals surface area contributed by atoms with Crippen LogP contribution in [0, 0.1) is 0 Å². The van der Waals surface area contributed by atoms with E-state index in [0.717, 1.165) is 5.56 Å². The minimum atomic E-state index is -0.662. The van der Waals surface area contributed by atoms with E-state index < -0.39 is 6.10 Å². The molecule has 0 aliphatic carbocycles. The van der Waals surface area contributed by atoms with Gasteiger partial charge in [-0.15, -0.1) is 0 Å². The summed E-state index contributed by atoms with van der Waals surface area (Å²) in [6.07, 6.45) is 1.03. The van der Waals surface area contributed by atoms with Gasteiger partial charge in [0.05, 0.1) is 6.10 Å². The maximum Gasteiger partial charge on any atom is 0.161 e. The number of ether oxygens (including phenoxy) is 2. The lowest BCUT2D eigenvalue weighted by molar-refractivity contribution is -0.00941. The highest BCUT2D eigenvalue weighted by molar-refractivity contribution is 5.41. The smallest absolute Gasteiger partial charge is 0.161 e. The molecule has 5 heteroatoms. The van der Waals surface area contributed by atoms with Crippen LogP contribution in [0.1, 0.15) is 5.56 Å². The number of para-hydroxylation sites is 2. The molecule has 0 amide bonds. The predicted octanol–water partition coefficient (Wildman–Crippen LogP) is 1.41. The number of nitrogens with two attached hydrogens (primary N) is 1. The third-order valence-corrected chi connectivity index (χ3v) is 3.25. The summed E-state index contributed by atoms with van der Waals surface area (Å²) in [7, 11) is 0. The molecule has 0 saturated carbocycles. The number of anilines is 1. The molecule has 0 spiro atoms. The van der Waals surface area contributed by atoms with Crippen molar-refractivity contribution < 1.29 is 14.6 Å². The van der Waals surface area contributed by atoms with Crippen molar-refractivity contribution in [3.05, 3.63) is 48.2 Å². The third kappa shape index (κ3) is 2.67. The van der Waals surface area contributed by atoms with Gasteiger partial charge in [0.25, 0.3) is 0 Å². The number of hydrogen-bond acceptors (Lipinski definition) is 5. The first-order valence-electron chi connectivity index (χ1n) is 6.49. The lowest BCUT2D eigenvalue weighted by atomic mass is 10.0. The minimum absolute atomic E-state index is 0.332. The molecule has 3 rings (SSSR count). The SMILES string of the molecule is Nc1cc(CC(O)C2COc3ccccc3O2)ccn1. The Morgan fingerprint density at radius 2 is 2.10 bits per heavy atom. The first kappa shape index (κ1) is 12.7. The van der Waals surface area contributed by atoms with Crippen molar-refractivity contribution in [2.45, 2.75) is 18.6 Å². The zero-order valence-electron chi connectivity index (χ0n) is 10.9. The molecule has 1 aliphatic heterocycles. The zero-order valence-corrected chi connectivity index (χ0v) is 10.9. The van der Waals surface area contributed by atoms with Gasteiger partial charge in [-0.25, -0.2) is 4.98 Å². The molecule has 1 aliphatic rings. The van der Waals surface area contributed by atoms with Crippen LogP contribution in [-0.2, 0) is 6.42 Å². The van der Waals surface area contributed by atoms with Crippen LogP contribution in [0.5, 0.6) is 11.5 Å². The van der Waals surface area contributed by atoms with Gasteiger partial charge in [-0.05, 0) is 29.8 Å². The van der Waals surface area contributed by atoms with Crippen LogP contribution in [0.4, 0.5) is 5.82 Å². The molecule has 2 heterocycles. The summed E-state index contributed by atoms with van der Waals surface area (Å²) in [6, 6.07) is 11.0. The molecule has 104 valence electrons. The molecule has 1 aromatic carbocycles. The lowest BCUT2D eigenvalue weighted by Gasteiger charge is -2.29. The van der Waals surface area contributed by atoms with Crippen molar-refractivity contribution in [2.75, 3.05) is 12.3 Å². The molecular weight excluding hydrogens is 256 g/mol. The third-order valence-electron chi connectivity index (χ3n) is 3.25. The minimum Gasteiger partial charge on any atom is -0.486 e. The largest absolute Gasteiger partial charge is 0.486 e. The van der Waals surface area contributed by atoms with E-state index in [1.807, 2.05) is 30.3 Å². The summed E-state index contributed by atoms with van der Waals surface area (Å²) in [5.74, 6) is 1.82. The molecule has 0 radical (unpaired) electrons. The van der Waals surface area contributed by atoms with E-state index in [0.29, 0.717) is 30.3 Å². The number of nitrogens with zero attached hydrogens (tertiary/aromatic N) is 1. The van der Waals surface area contributed by atoms with Crippen LogP contribution in [0.15, 0.2) is 42.6 Å². The number of pyridine rings is 1. The molecular formula is C15H16N2O3. The summed E-state index contributed by atoms with van der Waals surface area (Å²) in [5.41, 5.74) is 6.55. The van der Waals surface area contributed by atoms with E-state index in [-0.39, 0.29) is 6.10 Å². The van der Waals surface area contributed by atoms with Crippen molar-refractivity contribution >= 4 is 5.82 Å². The van der Waals surface area contributed by atoms with Gasteiger partial charge < -0.3 is 20.3 Å². The number of rotatable bonds is 3. The van der Waals surface area contributed by atoms with Crippen LogP contribution < -0.4 is 15.2 Å².